The van der Waals surface area contributed by atoms with E-state index in [2.05, 4.69) is 38.1 Å². The fraction of sp³-hybridized carbons (Fsp3) is 0.793. The molecule has 0 spiro atoms. The van der Waals surface area contributed by atoms with Crippen molar-refractivity contribution in [1.29, 1.82) is 0 Å². The summed E-state index contributed by atoms with van der Waals surface area (Å²) in [5, 5.41) is 0. The molecule has 1 aromatic rings. The van der Waals surface area contributed by atoms with Gasteiger partial charge in [0.2, 0.25) is 0 Å². The van der Waals surface area contributed by atoms with Crippen LogP contribution in [-0.2, 0) is 6.42 Å². The van der Waals surface area contributed by atoms with Gasteiger partial charge in [-0.1, -0.05) is 103 Å². The number of benzene rings is 1. The second-order valence-corrected chi connectivity index (χ2v) is 10.6. The molecule has 0 aliphatic heterocycles. The lowest BCUT2D eigenvalue weighted by Crippen LogP contribution is -2.20. The summed E-state index contributed by atoms with van der Waals surface area (Å²) in [6.07, 6.45) is 22.5. The van der Waals surface area contributed by atoms with E-state index < -0.39 is 0 Å². The van der Waals surface area contributed by atoms with E-state index >= 15 is 0 Å². The van der Waals surface area contributed by atoms with Gasteiger partial charge in [-0.15, -0.1) is 0 Å². The van der Waals surface area contributed by atoms with E-state index in [0.29, 0.717) is 0 Å². The lowest BCUT2D eigenvalue weighted by atomic mass is 9.74. The zero-order valence-corrected chi connectivity index (χ0v) is 20.0. The molecule has 1 heteroatoms. The Hall–Kier alpha value is -0.980. The van der Waals surface area contributed by atoms with Crippen molar-refractivity contribution >= 4 is 0 Å². The molecule has 0 amide bonds. The average molecular weight is 413 g/mol. The second kappa shape index (κ2) is 13.4. The van der Waals surface area contributed by atoms with Gasteiger partial charge in [0.15, 0.2) is 0 Å². The third-order valence-corrected chi connectivity index (χ3v) is 8.13. The van der Waals surface area contributed by atoms with Crippen LogP contribution in [0.3, 0.4) is 0 Å². The number of hydrogen-bond acceptors (Lipinski definition) is 1. The van der Waals surface area contributed by atoms with Crippen LogP contribution in [0.4, 0.5) is 0 Å². The molecule has 0 saturated heterocycles. The Morgan fingerprint density at radius 2 is 1.43 bits per heavy atom. The Morgan fingerprint density at radius 1 is 0.767 bits per heavy atom. The Labute approximate surface area is 187 Å². The average Bonchev–Trinajstić information content (AvgIpc) is 2.78. The highest BCUT2D eigenvalue weighted by molar-refractivity contribution is 5.27. The molecular weight excluding hydrogens is 364 g/mol. The van der Waals surface area contributed by atoms with E-state index in [1.807, 2.05) is 0 Å². The quantitative estimate of drug-likeness (QED) is 0.311. The summed E-state index contributed by atoms with van der Waals surface area (Å²) in [6, 6.07) is 9.00. The standard InChI is InChI=1S/C29H48O/c1-3-4-5-9-27-10-6-7-11-28(27)12-8-23-30-29-21-19-26(20-22-29)18-17-25-15-13-24(2)14-16-25/h19-22,24-25,27-28H,3-18,23H2,1-2H3. The van der Waals surface area contributed by atoms with Gasteiger partial charge in [-0.2, -0.15) is 0 Å². The molecule has 1 nitrogen and oxygen atoms in total. The summed E-state index contributed by atoms with van der Waals surface area (Å²) >= 11 is 0. The van der Waals surface area contributed by atoms with Gasteiger partial charge in [-0.05, 0) is 67.1 Å². The van der Waals surface area contributed by atoms with Crippen LogP contribution < -0.4 is 4.74 Å². The maximum Gasteiger partial charge on any atom is 0.119 e. The van der Waals surface area contributed by atoms with E-state index in [4.69, 9.17) is 4.74 Å². The molecule has 170 valence electrons. The third kappa shape index (κ3) is 8.27. The van der Waals surface area contributed by atoms with Crippen LogP contribution in [0.15, 0.2) is 24.3 Å². The van der Waals surface area contributed by atoms with Crippen LogP contribution in [0.5, 0.6) is 5.75 Å². The Morgan fingerprint density at radius 3 is 2.10 bits per heavy atom. The molecule has 2 atom stereocenters. The molecule has 0 radical (unpaired) electrons. The highest BCUT2D eigenvalue weighted by Crippen LogP contribution is 2.36. The molecule has 0 bridgehead atoms. The molecular formula is C29H48O. The largest absolute Gasteiger partial charge is 0.494 e. The molecule has 2 aliphatic carbocycles. The van der Waals surface area contributed by atoms with Crippen molar-refractivity contribution in [2.24, 2.45) is 23.7 Å². The highest BCUT2D eigenvalue weighted by Gasteiger charge is 2.24. The molecule has 0 aromatic heterocycles. The van der Waals surface area contributed by atoms with Crippen LogP contribution in [0.25, 0.3) is 0 Å². The summed E-state index contributed by atoms with van der Waals surface area (Å²) < 4.78 is 6.09. The van der Waals surface area contributed by atoms with Crippen molar-refractivity contribution in [3.05, 3.63) is 29.8 Å². The molecule has 2 saturated carbocycles. The number of unbranched alkanes of at least 4 members (excludes halogenated alkanes) is 2. The van der Waals surface area contributed by atoms with Crippen LogP contribution in [0, 0.1) is 23.7 Å². The predicted molar refractivity (Wildman–Crippen MR) is 130 cm³/mol. The van der Waals surface area contributed by atoms with Crippen molar-refractivity contribution < 1.29 is 4.74 Å². The fourth-order valence-corrected chi connectivity index (χ4v) is 5.98. The zero-order chi connectivity index (χ0) is 21.0. The van der Waals surface area contributed by atoms with Crippen molar-refractivity contribution in [2.45, 2.75) is 117 Å². The Balaban J connectivity index is 1.31. The molecule has 0 N–H and O–H groups in total. The SMILES string of the molecule is CCCCCC1CCCCC1CCCOc1ccc(CCC2CCC(C)CC2)cc1. The minimum Gasteiger partial charge on any atom is -0.494 e. The molecule has 2 fully saturated rings. The van der Waals surface area contributed by atoms with Gasteiger partial charge in [0, 0.05) is 0 Å². The lowest BCUT2D eigenvalue weighted by Gasteiger charge is -2.31. The molecule has 0 heterocycles. The second-order valence-electron chi connectivity index (χ2n) is 10.6. The first-order chi connectivity index (χ1) is 14.7. The molecule has 1 aromatic carbocycles. The fourth-order valence-electron chi connectivity index (χ4n) is 5.98. The smallest absolute Gasteiger partial charge is 0.119 e. The Bertz CT molecular complexity index is 554. The minimum absolute atomic E-state index is 0.887. The highest BCUT2D eigenvalue weighted by atomic mass is 16.5. The van der Waals surface area contributed by atoms with Crippen LogP contribution in [0.1, 0.15) is 116 Å². The summed E-state index contributed by atoms with van der Waals surface area (Å²) in [5.41, 5.74) is 1.48. The van der Waals surface area contributed by atoms with E-state index in [1.165, 1.54) is 108 Å². The number of rotatable bonds is 12. The molecule has 2 unspecified atom stereocenters. The minimum atomic E-state index is 0.887. The summed E-state index contributed by atoms with van der Waals surface area (Å²) in [4.78, 5) is 0. The van der Waals surface area contributed by atoms with Crippen molar-refractivity contribution in [3.8, 4) is 5.75 Å². The first-order valence-corrected chi connectivity index (χ1v) is 13.5. The van der Waals surface area contributed by atoms with Crippen molar-refractivity contribution in [2.75, 3.05) is 6.61 Å². The van der Waals surface area contributed by atoms with Gasteiger partial charge in [0.25, 0.3) is 0 Å². The van der Waals surface area contributed by atoms with Gasteiger partial charge in [-0.25, -0.2) is 0 Å². The number of ether oxygens (including phenoxy) is 1. The molecule has 3 rings (SSSR count). The van der Waals surface area contributed by atoms with Crippen LogP contribution in [0.2, 0.25) is 0 Å². The monoisotopic (exact) mass is 412 g/mol. The third-order valence-electron chi connectivity index (χ3n) is 8.13. The number of hydrogen-bond donors (Lipinski definition) is 0. The van der Waals surface area contributed by atoms with E-state index in [1.54, 1.807) is 0 Å². The van der Waals surface area contributed by atoms with Crippen LogP contribution in [-0.4, -0.2) is 6.61 Å². The zero-order valence-electron chi connectivity index (χ0n) is 20.0. The maximum atomic E-state index is 6.09. The molecule has 2 aliphatic rings. The van der Waals surface area contributed by atoms with Crippen LogP contribution >= 0.6 is 0 Å². The van der Waals surface area contributed by atoms with Crippen molar-refractivity contribution in [1.82, 2.24) is 0 Å². The lowest BCUT2D eigenvalue weighted by molar-refractivity contribution is 0.190. The summed E-state index contributed by atoms with van der Waals surface area (Å²) in [6.45, 7) is 5.62. The van der Waals surface area contributed by atoms with Gasteiger partial charge in [0.1, 0.15) is 5.75 Å². The first-order valence-electron chi connectivity index (χ1n) is 13.5. The van der Waals surface area contributed by atoms with Gasteiger partial charge < -0.3 is 4.74 Å². The summed E-state index contributed by atoms with van der Waals surface area (Å²) in [7, 11) is 0. The van der Waals surface area contributed by atoms with Gasteiger partial charge >= 0.3 is 0 Å². The van der Waals surface area contributed by atoms with E-state index in [0.717, 1.165) is 36.0 Å². The first kappa shape index (κ1) is 23.7. The van der Waals surface area contributed by atoms with Gasteiger partial charge in [0.05, 0.1) is 6.61 Å². The number of aryl methyl sites for hydroxylation is 1. The summed E-state index contributed by atoms with van der Waals surface area (Å²) in [5.74, 6) is 4.94. The van der Waals surface area contributed by atoms with E-state index in [9.17, 15) is 0 Å². The topological polar surface area (TPSA) is 9.23 Å². The van der Waals surface area contributed by atoms with Crippen molar-refractivity contribution in [3.63, 3.8) is 0 Å². The van der Waals surface area contributed by atoms with E-state index in [-0.39, 0.29) is 0 Å². The normalized spacial score (nSPS) is 27.1. The van der Waals surface area contributed by atoms with Gasteiger partial charge in [-0.3, -0.25) is 0 Å². The predicted octanol–water partition coefficient (Wildman–Crippen LogP) is 8.99. The Kier molecular flexibility index (Phi) is 10.6. The molecule has 30 heavy (non-hydrogen) atoms. The maximum absolute atomic E-state index is 6.09.